The molecule has 5 nitrogen and oxygen atoms in total. The molecule has 3 aromatic rings. The first kappa shape index (κ1) is 11.8. The summed E-state index contributed by atoms with van der Waals surface area (Å²) in [5.74, 6) is 0. The number of fused-ring (bicyclic) bond motifs is 1. The number of benzene rings is 1. The second kappa shape index (κ2) is 5.17. The van der Waals surface area contributed by atoms with Crippen molar-refractivity contribution >= 4 is 5.65 Å². The number of aromatic nitrogens is 3. The minimum atomic E-state index is -0.0187. The number of aliphatic hydroxyl groups is 1. The van der Waals surface area contributed by atoms with Gasteiger partial charge in [0, 0.05) is 18.3 Å². The number of pyridine rings is 1. The van der Waals surface area contributed by atoms with Crippen molar-refractivity contribution in [2.24, 2.45) is 0 Å². The minimum absolute atomic E-state index is 0.0187. The third kappa shape index (κ3) is 2.47. The van der Waals surface area contributed by atoms with Gasteiger partial charge in [-0.25, -0.2) is 9.50 Å². The summed E-state index contributed by atoms with van der Waals surface area (Å²) in [6.45, 7) is 0.630. The lowest BCUT2D eigenvalue weighted by atomic mass is 10.0. The van der Waals surface area contributed by atoms with Crippen molar-refractivity contribution in [2.75, 3.05) is 6.73 Å². The number of nitrogens with zero attached hydrogens (tertiary/aromatic N) is 3. The van der Waals surface area contributed by atoms with Crippen LogP contribution in [0.1, 0.15) is 5.56 Å². The predicted octanol–water partition coefficient (Wildman–Crippen LogP) is 1.44. The van der Waals surface area contributed by atoms with Crippen LogP contribution in [0.2, 0.25) is 0 Å². The van der Waals surface area contributed by atoms with Crippen molar-refractivity contribution in [2.45, 2.75) is 6.54 Å². The van der Waals surface area contributed by atoms with Crippen LogP contribution in [0.25, 0.3) is 16.8 Å². The van der Waals surface area contributed by atoms with E-state index in [9.17, 15) is 0 Å². The molecular formula is C14H14N4O. The van der Waals surface area contributed by atoms with Crippen molar-refractivity contribution in [3.05, 3.63) is 54.5 Å². The lowest BCUT2D eigenvalue weighted by molar-refractivity contribution is 0.259. The smallest absolute Gasteiger partial charge is 0.155 e. The molecule has 0 radical (unpaired) electrons. The van der Waals surface area contributed by atoms with E-state index in [0.29, 0.717) is 6.54 Å². The van der Waals surface area contributed by atoms with Crippen molar-refractivity contribution in [3.8, 4) is 11.1 Å². The molecule has 0 bridgehead atoms. The van der Waals surface area contributed by atoms with Gasteiger partial charge in [0.15, 0.2) is 5.65 Å². The van der Waals surface area contributed by atoms with Crippen LogP contribution >= 0.6 is 0 Å². The molecule has 2 aromatic heterocycles. The molecule has 19 heavy (non-hydrogen) atoms. The Morgan fingerprint density at radius 3 is 3.00 bits per heavy atom. The van der Waals surface area contributed by atoms with Crippen molar-refractivity contribution in [1.82, 2.24) is 19.9 Å². The van der Waals surface area contributed by atoms with Crippen LogP contribution in [0.4, 0.5) is 0 Å². The van der Waals surface area contributed by atoms with Crippen LogP contribution in [0, 0.1) is 0 Å². The summed E-state index contributed by atoms with van der Waals surface area (Å²) in [6, 6.07) is 12.2. The zero-order valence-corrected chi connectivity index (χ0v) is 10.3. The highest BCUT2D eigenvalue weighted by Crippen LogP contribution is 2.20. The van der Waals surface area contributed by atoms with Crippen LogP contribution in [0.15, 0.2) is 48.9 Å². The van der Waals surface area contributed by atoms with Crippen LogP contribution in [0.5, 0.6) is 0 Å². The van der Waals surface area contributed by atoms with Gasteiger partial charge in [-0.2, -0.15) is 5.10 Å². The Balaban J connectivity index is 1.95. The molecule has 3 rings (SSSR count). The summed E-state index contributed by atoms with van der Waals surface area (Å²) in [7, 11) is 0. The molecule has 2 N–H and O–H groups in total. The van der Waals surface area contributed by atoms with E-state index in [2.05, 4.69) is 27.5 Å². The molecule has 2 heterocycles. The van der Waals surface area contributed by atoms with E-state index in [-0.39, 0.29) is 6.73 Å². The van der Waals surface area contributed by atoms with Crippen LogP contribution < -0.4 is 5.32 Å². The van der Waals surface area contributed by atoms with E-state index in [0.717, 1.165) is 22.3 Å². The van der Waals surface area contributed by atoms with E-state index in [1.54, 1.807) is 10.8 Å². The summed E-state index contributed by atoms with van der Waals surface area (Å²) < 4.78 is 1.76. The fourth-order valence-corrected chi connectivity index (χ4v) is 2.05. The Morgan fingerprint density at radius 1 is 1.16 bits per heavy atom. The van der Waals surface area contributed by atoms with Gasteiger partial charge in [0.05, 0.1) is 6.73 Å². The van der Waals surface area contributed by atoms with Gasteiger partial charge in [-0.15, -0.1) is 0 Å². The zero-order chi connectivity index (χ0) is 13.1. The van der Waals surface area contributed by atoms with Gasteiger partial charge in [-0.3, -0.25) is 5.32 Å². The summed E-state index contributed by atoms with van der Waals surface area (Å²) in [5, 5.41) is 15.8. The Hall–Kier alpha value is -2.24. The van der Waals surface area contributed by atoms with Crippen LogP contribution in [-0.4, -0.2) is 26.4 Å². The Bertz CT molecular complexity index is 692. The second-order valence-corrected chi connectivity index (χ2v) is 4.27. The first-order valence-electron chi connectivity index (χ1n) is 6.07. The molecule has 0 fully saturated rings. The molecular weight excluding hydrogens is 240 g/mol. The number of aliphatic hydroxyl groups excluding tert-OH is 1. The fourth-order valence-electron chi connectivity index (χ4n) is 2.05. The van der Waals surface area contributed by atoms with Crippen LogP contribution in [0.3, 0.4) is 0 Å². The average Bonchev–Trinajstić information content (AvgIpc) is 2.92. The summed E-state index contributed by atoms with van der Waals surface area (Å²) >= 11 is 0. The molecule has 5 heteroatoms. The van der Waals surface area contributed by atoms with Gasteiger partial charge in [-0.1, -0.05) is 18.2 Å². The first-order chi connectivity index (χ1) is 9.36. The van der Waals surface area contributed by atoms with Gasteiger partial charge in [0.1, 0.15) is 6.33 Å². The molecule has 1 aromatic carbocycles. The van der Waals surface area contributed by atoms with E-state index >= 15 is 0 Å². The molecule has 0 saturated heterocycles. The quantitative estimate of drug-likeness (QED) is 0.691. The molecule has 0 amide bonds. The molecule has 0 unspecified atom stereocenters. The lowest BCUT2D eigenvalue weighted by Crippen LogP contribution is -2.13. The highest BCUT2D eigenvalue weighted by molar-refractivity contribution is 5.65. The van der Waals surface area contributed by atoms with Gasteiger partial charge >= 0.3 is 0 Å². The molecule has 0 aliphatic carbocycles. The molecule has 0 atom stereocenters. The van der Waals surface area contributed by atoms with Gasteiger partial charge < -0.3 is 5.11 Å². The Morgan fingerprint density at radius 2 is 2.11 bits per heavy atom. The van der Waals surface area contributed by atoms with Crippen LogP contribution in [-0.2, 0) is 6.54 Å². The topological polar surface area (TPSA) is 62.5 Å². The molecule has 0 aliphatic heterocycles. The van der Waals surface area contributed by atoms with E-state index < -0.39 is 0 Å². The summed E-state index contributed by atoms with van der Waals surface area (Å²) in [6.07, 6.45) is 3.50. The number of hydrogen-bond acceptors (Lipinski definition) is 4. The highest BCUT2D eigenvalue weighted by Gasteiger charge is 2.02. The lowest BCUT2D eigenvalue weighted by Gasteiger charge is -2.06. The summed E-state index contributed by atoms with van der Waals surface area (Å²) in [4.78, 5) is 4.13. The van der Waals surface area contributed by atoms with E-state index in [1.165, 1.54) is 0 Å². The molecule has 0 spiro atoms. The third-order valence-corrected chi connectivity index (χ3v) is 2.98. The third-order valence-electron chi connectivity index (χ3n) is 2.98. The van der Waals surface area contributed by atoms with Gasteiger partial charge in [-0.05, 0) is 29.3 Å². The van der Waals surface area contributed by atoms with Gasteiger partial charge in [0.25, 0.3) is 0 Å². The van der Waals surface area contributed by atoms with Crippen molar-refractivity contribution in [3.63, 3.8) is 0 Å². The van der Waals surface area contributed by atoms with Gasteiger partial charge in [0.2, 0.25) is 0 Å². The average molecular weight is 254 g/mol. The SMILES string of the molecule is OCNCc1cccc(-c2ccc3ncnn3c2)c1. The standard InChI is InChI=1S/C14H14N4O/c19-10-15-7-11-2-1-3-12(6-11)13-4-5-14-16-9-17-18(14)8-13/h1-6,8-9,15,19H,7,10H2. The maximum atomic E-state index is 8.78. The van der Waals surface area contributed by atoms with E-state index in [4.69, 9.17) is 5.11 Å². The second-order valence-electron chi connectivity index (χ2n) is 4.27. The maximum absolute atomic E-state index is 8.78. The Labute approximate surface area is 110 Å². The zero-order valence-electron chi connectivity index (χ0n) is 10.3. The predicted molar refractivity (Wildman–Crippen MR) is 72.3 cm³/mol. The largest absolute Gasteiger partial charge is 0.381 e. The summed E-state index contributed by atoms with van der Waals surface area (Å²) in [5.41, 5.74) is 4.17. The minimum Gasteiger partial charge on any atom is -0.381 e. The number of nitrogens with one attached hydrogen (secondary N) is 1. The van der Waals surface area contributed by atoms with Crippen molar-refractivity contribution < 1.29 is 5.11 Å². The number of rotatable bonds is 4. The molecule has 0 aliphatic rings. The monoisotopic (exact) mass is 254 g/mol. The Kier molecular flexibility index (Phi) is 3.22. The van der Waals surface area contributed by atoms with Crippen molar-refractivity contribution in [1.29, 1.82) is 0 Å². The normalized spacial score (nSPS) is 11.0. The highest BCUT2D eigenvalue weighted by atomic mass is 16.3. The maximum Gasteiger partial charge on any atom is 0.155 e. The number of hydrogen-bond donors (Lipinski definition) is 2. The van der Waals surface area contributed by atoms with E-state index in [1.807, 2.05) is 30.5 Å². The fraction of sp³-hybridized carbons (Fsp3) is 0.143. The molecule has 96 valence electrons. The molecule has 0 saturated carbocycles. The first-order valence-corrected chi connectivity index (χ1v) is 6.07.